The Morgan fingerprint density at radius 1 is 1.44 bits per heavy atom. The molecule has 0 amide bonds. The van der Waals surface area contributed by atoms with Gasteiger partial charge in [-0.05, 0) is 37.0 Å². The normalized spacial score (nSPS) is 16.5. The second kappa shape index (κ2) is 6.36. The van der Waals surface area contributed by atoms with Crippen molar-refractivity contribution in [3.8, 4) is 0 Å². The van der Waals surface area contributed by atoms with Crippen LogP contribution in [0.3, 0.4) is 0 Å². The zero-order valence-corrected chi connectivity index (χ0v) is 11.7. The fourth-order valence-electron chi connectivity index (χ4n) is 2.02. The molecule has 0 aliphatic carbocycles. The summed E-state index contributed by atoms with van der Waals surface area (Å²) in [6.45, 7) is 2.65. The molecule has 1 saturated heterocycles. The summed E-state index contributed by atoms with van der Waals surface area (Å²) in [7, 11) is 0. The Labute approximate surface area is 118 Å². The van der Waals surface area contributed by atoms with Crippen LogP contribution in [0, 0.1) is 5.92 Å². The lowest BCUT2D eigenvalue weighted by Gasteiger charge is -2.23. The van der Waals surface area contributed by atoms with Gasteiger partial charge in [0.2, 0.25) is 0 Å². The summed E-state index contributed by atoms with van der Waals surface area (Å²) in [5.41, 5.74) is 7.29. The van der Waals surface area contributed by atoms with E-state index in [0.29, 0.717) is 15.9 Å². The predicted molar refractivity (Wildman–Crippen MR) is 79.4 cm³/mol. The van der Waals surface area contributed by atoms with Crippen molar-refractivity contribution in [2.24, 2.45) is 11.7 Å². The Balaban J connectivity index is 1.94. The van der Waals surface area contributed by atoms with Gasteiger partial charge in [-0.1, -0.05) is 23.8 Å². The molecule has 1 aromatic carbocycles. The van der Waals surface area contributed by atoms with Crippen molar-refractivity contribution in [3.05, 3.63) is 28.8 Å². The third-order valence-corrected chi connectivity index (χ3v) is 3.72. The Bertz CT molecular complexity index is 433. The van der Waals surface area contributed by atoms with Crippen LogP contribution in [0.2, 0.25) is 5.02 Å². The minimum Gasteiger partial charge on any atom is -0.389 e. The van der Waals surface area contributed by atoms with Crippen LogP contribution in [0.4, 0.5) is 5.69 Å². The molecule has 1 aliphatic heterocycles. The first-order valence-electron chi connectivity index (χ1n) is 6.08. The van der Waals surface area contributed by atoms with Crippen molar-refractivity contribution in [1.82, 2.24) is 0 Å². The van der Waals surface area contributed by atoms with Crippen LogP contribution in [-0.2, 0) is 4.74 Å². The first-order chi connectivity index (χ1) is 8.66. The molecular weight excluding hydrogens is 268 g/mol. The molecule has 0 spiro atoms. The standard InChI is InChI=1S/C13H17ClN2OS/c14-11-7-10(13(15)18)1-2-12(11)16-8-9-3-5-17-6-4-9/h1-2,7,9,16H,3-6,8H2,(H2,15,18). The van der Waals surface area contributed by atoms with Crippen LogP contribution >= 0.6 is 23.8 Å². The van der Waals surface area contributed by atoms with E-state index in [2.05, 4.69) is 5.32 Å². The van der Waals surface area contributed by atoms with Crippen molar-refractivity contribution in [2.45, 2.75) is 12.8 Å². The SMILES string of the molecule is NC(=S)c1ccc(NCC2CCOCC2)c(Cl)c1. The number of ether oxygens (including phenoxy) is 1. The van der Waals surface area contributed by atoms with Gasteiger partial charge in [-0.3, -0.25) is 0 Å². The van der Waals surface area contributed by atoms with Crippen LogP contribution in [0.15, 0.2) is 18.2 Å². The van der Waals surface area contributed by atoms with Gasteiger partial charge < -0.3 is 15.8 Å². The van der Waals surface area contributed by atoms with Gasteiger partial charge in [0.1, 0.15) is 4.99 Å². The van der Waals surface area contributed by atoms with Crippen molar-refractivity contribution in [3.63, 3.8) is 0 Å². The molecule has 0 atom stereocenters. The number of nitrogens with one attached hydrogen (secondary N) is 1. The molecule has 0 saturated carbocycles. The average molecular weight is 285 g/mol. The lowest BCUT2D eigenvalue weighted by molar-refractivity contribution is 0.0699. The zero-order chi connectivity index (χ0) is 13.0. The monoisotopic (exact) mass is 284 g/mol. The van der Waals surface area contributed by atoms with Crippen molar-refractivity contribution < 1.29 is 4.74 Å². The largest absolute Gasteiger partial charge is 0.389 e. The van der Waals surface area contributed by atoms with Crippen LogP contribution in [0.25, 0.3) is 0 Å². The lowest BCUT2D eigenvalue weighted by Crippen LogP contribution is -2.22. The highest BCUT2D eigenvalue weighted by Crippen LogP contribution is 2.24. The van der Waals surface area contributed by atoms with Crippen LogP contribution in [0.1, 0.15) is 18.4 Å². The highest BCUT2D eigenvalue weighted by molar-refractivity contribution is 7.80. The molecule has 0 aromatic heterocycles. The highest BCUT2D eigenvalue weighted by Gasteiger charge is 2.14. The Morgan fingerprint density at radius 2 is 2.17 bits per heavy atom. The first kappa shape index (κ1) is 13.6. The summed E-state index contributed by atoms with van der Waals surface area (Å²) in [5.74, 6) is 0.657. The van der Waals surface area contributed by atoms with E-state index in [1.807, 2.05) is 12.1 Å². The van der Waals surface area contributed by atoms with E-state index < -0.39 is 0 Å². The maximum atomic E-state index is 6.19. The van der Waals surface area contributed by atoms with Gasteiger partial charge in [0.25, 0.3) is 0 Å². The minimum absolute atomic E-state index is 0.368. The maximum absolute atomic E-state index is 6.19. The van der Waals surface area contributed by atoms with Crippen LogP contribution < -0.4 is 11.1 Å². The smallest absolute Gasteiger partial charge is 0.104 e. The number of anilines is 1. The predicted octanol–water partition coefficient (Wildman–Crippen LogP) is 2.81. The van der Waals surface area contributed by atoms with E-state index in [1.54, 1.807) is 6.07 Å². The second-order valence-corrected chi connectivity index (χ2v) is 5.34. The van der Waals surface area contributed by atoms with Gasteiger partial charge in [-0.15, -0.1) is 0 Å². The summed E-state index contributed by atoms with van der Waals surface area (Å²) in [4.78, 5) is 0.368. The number of hydrogen-bond donors (Lipinski definition) is 2. The van der Waals surface area contributed by atoms with Crippen molar-refractivity contribution >= 4 is 34.5 Å². The fraction of sp³-hybridized carbons (Fsp3) is 0.462. The second-order valence-electron chi connectivity index (χ2n) is 4.50. The van der Waals surface area contributed by atoms with Gasteiger partial charge in [0, 0.05) is 25.3 Å². The Morgan fingerprint density at radius 3 is 2.78 bits per heavy atom. The van der Waals surface area contributed by atoms with Crippen LogP contribution in [0.5, 0.6) is 0 Å². The highest BCUT2D eigenvalue weighted by atomic mass is 35.5. The topological polar surface area (TPSA) is 47.3 Å². The molecule has 5 heteroatoms. The quantitative estimate of drug-likeness (QED) is 0.835. The van der Waals surface area contributed by atoms with Gasteiger partial charge in [0.15, 0.2) is 0 Å². The van der Waals surface area contributed by atoms with E-state index in [4.69, 9.17) is 34.3 Å². The van der Waals surface area contributed by atoms with Gasteiger partial charge in [-0.2, -0.15) is 0 Å². The number of hydrogen-bond acceptors (Lipinski definition) is 3. The summed E-state index contributed by atoms with van der Waals surface area (Å²) < 4.78 is 5.34. The van der Waals surface area contributed by atoms with E-state index >= 15 is 0 Å². The maximum Gasteiger partial charge on any atom is 0.104 e. The zero-order valence-electron chi connectivity index (χ0n) is 10.1. The molecule has 3 nitrogen and oxygen atoms in total. The summed E-state index contributed by atoms with van der Waals surface area (Å²) >= 11 is 11.1. The molecule has 0 bridgehead atoms. The fourth-order valence-corrected chi connectivity index (χ4v) is 2.39. The summed E-state index contributed by atoms with van der Waals surface area (Å²) in [6.07, 6.45) is 2.21. The number of thiocarbonyl (C=S) groups is 1. The molecule has 1 aromatic rings. The van der Waals surface area contributed by atoms with Crippen molar-refractivity contribution in [1.29, 1.82) is 0 Å². The van der Waals surface area contributed by atoms with Gasteiger partial charge in [-0.25, -0.2) is 0 Å². The number of halogens is 1. The van der Waals surface area contributed by atoms with Gasteiger partial charge >= 0.3 is 0 Å². The van der Waals surface area contributed by atoms with Crippen LogP contribution in [-0.4, -0.2) is 24.7 Å². The molecule has 18 heavy (non-hydrogen) atoms. The molecule has 98 valence electrons. The lowest BCUT2D eigenvalue weighted by atomic mass is 10.0. The van der Waals surface area contributed by atoms with E-state index in [9.17, 15) is 0 Å². The molecule has 3 N–H and O–H groups in total. The minimum atomic E-state index is 0.368. The third kappa shape index (κ3) is 3.57. The number of benzene rings is 1. The Kier molecular flexibility index (Phi) is 4.80. The average Bonchev–Trinajstić information content (AvgIpc) is 2.38. The molecule has 1 heterocycles. The molecule has 1 aliphatic rings. The molecule has 0 unspecified atom stereocenters. The molecule has 1 fully saturated rings. The third-order valence-electron chi connectivity index (χ3n) is 3.18. The van der Waals surface area contributed by atoms with Crippen molar-refractivity contribution in [2.75, 3.05) is 25.1 Å². The summed E-state index contributed by atoms with van der Waals surface area (Å²) in [6, 6.07) is 5.62. The molecular formula is C13H17ClN2OS. The van der Waals surface area contributed by atoms with E-state index in [0.717, 1.165) is 43.9 Å². The van der Waals surface area contributed by atoms with Gasteiger partial charge in [0.05, 0.1) is 10.7 Å². The summed E-state index contributed by atoms with van der Waals surface area (Å²) in [5, 5.41) is 4.04. The molecule has 0 radical (unpaired) electrons. The van der Waals surface area contributed by atoms with E-state index in [-0.39, 0.29) is 0 Å². The van der Waals surface area contributed by atoms with E-state index in [1.165, 1.54) is 0 Å². The Hall–Kier alpha value is -0.840. The number of nitrogens with two attached hydrogens (primary N) is 1. The number of rotatable bonds is 4. The first-order valence-corrected chi connectivity index (χ1v) is 6.86. The molecule has 2 rings (SSSR count).